The predicted molar refractivity (Wildman–Crippen MR) is 96.6 cm³/mol. The molecule has 0 amide bonds. The second-order valence-corrected chi connectivity index (χ2v) is 5.57. The van der Waals surface area contributed by atoms with Crippen LogP contribution in [0.3, 0.4) is 0 Å². The van der Waals surface area contributed by atoms with Gasteiger partial charge in [0.15, 0.2) is 11.5 Å². The Hall–Kier alpha value is -2.60. The van der Waals surface area contributed by atoms with Crippen LogP contribution in [0.4, 0.5) is 15.9 Å². The lowest BCUT2D eigenvalue weighted by molar-refractivity contribution is 0.288. The van der Waals surface area contributed by atoms with Crippen molar-refractivity contribution in [2.75, 3.05) is 18.5 Å². The van der Waals surface area contributed by atoms with Gasteiger partial charge in [-0.25, -0.2) is 14.4 Å². The van der Waals surface area contributed by atoms with Gasteiger partial charge < -0.3 is 14.8 Å². The van der Waals surface area contributed by atoms with E-state index in [2.05, 4.69) is 15.3 Å². The Bertz CT molecular complexity index is 905. The first kappa shape index (κ1) is 17.2. The molecule has 0 aliphatic carbocycles. The minimum absolute atomic E-state index is 0.0389. The average molecular weight is 362 g/mol. The third kappa shape index (κ3) is 3.74. The summed E-state index contributed by atoms with van der Waals surface area (Å²) < 4.78 is 24.6. The Morgan fingerprint density at radius 1 is 1.04 bits per heavy atom. The lowest BCUT2D eigenvalue weighted by atomic mass is 10.2. The monoisotopic (exact) mass is 361 g/mol. The number of ether oxygens (including phenoxy) is 2. The molecule has 25 heavy (non-hydrogen) atoms. The third-order valence-corrected chi connectivity index (χ3v) is 3.77. The van der Waals surface area contributed by atoms with Crippen molar-refractivity contribution in [3.63, 3.8) is 0 Å². The third-order valence-electron chi connectivity index (χ3n) is 3.48. The Labute approximate surface area is 149 Å². The van der Waals surface area contributed by atoms with Gasteiger partial charge in [-0.05, 0) is 38.1 Å². The summed E-state index contributed by atoms with van der Waals surface area (Å²) in [7, 11) is 0. The molecule has 0 bridgehead atoms. The van der Waals surface area contributed by atoms with E-state index in [-0.39, 0.29) is 5.02 Å². The van der Waals surface area contributed by atoms with E-state index in [4.69, 9.17) is 21.1 Å². The van der Waals surface area contributed by atoms with Crippen LogP contribution in [0.5, 0.6) is 11.5 Å². The number of benzene rings is 2. The van der Waals surface area contributed by atoms with E-state index in [1.807, 2.05) is 26.0 Å². The molecule has 0 unspecified atom stereocenters. The number of hydrogen-bond donors (Lipinski definition) is 1. The Morgan fingerprint density at radius 3 is 2.44 bits per heavy atom. The molecule has 3 aromatic rings. The van der Waals surface area contributed by atoms with E-state index in [0.717, 1.165) is 5.39 Å². The van der Waals surface area contributed by atoms with E-state index in [0.29, 0.717) is 41.7 Å². The number of hydrogen-bond acceptors (Lipinski definition) is 5. The number of nitrogens with zero attached hydrogens (tertiary/aromatic N) is 2. The number of aromatic nitrogens is 2. The largest absolute Gasteiger partial charge is 0.490 e. The Morgan fingerprint density at radius 2 is 1.76 bits per heavy atom. The van der Waals surface area contributed by atoms with Crippen LogP contribution in [0.1, 0.15) is 13.8 Å². The van der Waals surface area contributed by atoms with Crippen LogP contribution in [-0.2, 0) is 0 Å². The molecule has 3 rings (SSSR count). The van der Waals surface area contributed by atoms with Gasteiger partial charge in [-0.3, -0.25) is 0 Å². The first-order chi connectivity index (χ1) is 12.1. The van der Waals surface area contributed by atoms with Gasteiger partial charge in [0.05, 0.1) is 23.8 Å². The van der Waals surface area contributed by atoms with Gasteiger partial charge in [-0.2, -0.15) is 0 Å². The van der Waals surface area contributed by atoms with Crippen molar-refractivity contribution in [1.29, 1.82) is 0 Å². The predicted octanol–water partition coefficient (Wildman–Crippen LogP) is 4.96. The Balaban J connectivity index is 2.05. The van der Waals surface area contributed by atoms with Gasteiger partial charge in [0.2, 0.25) is 0 Å². The van der Waals surface area contributed by atoms with Crippen LogP contribution in [0.25, 0.3) is 10.9 Å². The smallest absolute Gasteiger partial charge is 0.163 e. The number of nitrogens with one attached hydrogen (secondary N) is 1. The van der Waals surface area contributed by atoms with Crippen molar-refractivity contribution in [2.45, 2.75) is 13.8 Å². The fraction of sp³-hybridized carbons (Fsp3) is 0.222. The molecule has 7 heteroatoms. The molecular formula is C18H17ClFN3O2. The van der Waals surface area contributed by atoms with Crippen molar-refractivity contribution in [3.8, 4) is 11.5 Å². The molecule has 5 nitrogen and oxygen atoms in total. The molecule has 0 aliphatic heterocycles. The summed E-state index contributed by atoms with van der Waals surface area (Å²) in [5.41, 5.74) is 1.33. The summed E-state index contributed by atoms with van der Waals surface area (Å²) in [5, 5.41) is 3.94. The highest BCUT2D eigenvalue weighted by molar-refractivity contribution is 6.31. The first-order valence-electron chi connectivity index (χ1n) is 7.88. The maximum atomic E-state index is 13.3. The zero-order chi connectivity index (χ0) is 17.8. The van der Waals surface area contributed by atoms with Crippen LogP contribution < -0.4 is 14.8 Å². The molecule has 1 aromatic heterocycles. The number of anilines is 2. The van der Waals surface area contributed by atoms with E-state index in [9.17, 15) is 4.39 Å². The molecule has 1 heterocycles. The van der Waals surface area contributed by atoms with Gasteiger partial charge in [-0.1, -0.05) is 11.6 Å². The topological polar surface area (TPSA) is 56.3 Å². The van der Waals surface area contributed by atoms with Gasteiger partial charge in [0.25, 0.3) is 0 Å². The zero-order valence-electron chi connectivity index (χ0n) is 13.8. The molecule has 2 aromatic carbocycles. The normalized spacial score (nSPS) is 10.7. The second-order valence-electron chi connectivity index (χ2n) is 5.16. The number of rotatable bonds is 6. The molecule has 130 valence electrons. The summed E-state index contributed by atoms with van der Waals surface area (Å²) in [6.45, 7) is 4.84. The van der Waals surface area contributed by atoms with Crippen LogP contribution in [0.2, 0.25) is 5.02 Å². The molecule has 0 atom stereocenters. The fourth-order valence-electron chi connectivity index (χ4n) is 2.41. The highest BCUT2D eigenvalue weighted by Gasteiger charge is 2.12. The molecule has 0 saturated heterocycles. The average Bonchev–Trinajstić information content (AvgIpc) is 2.60. The van der Waals surface area contributed by atoms with Crippen LogP contribution >= 0.6 is 11.6 Å². The van der Waals surface area contributed by atoms with Crippen LogP contribution in [-0.4, -0.2) is 23.2 Å². The summed E-state index contributed by atoms with van der Waals surface area (Å²) in [5.74, 6) is 1.34. The Kier molecular flexibility index (Phi) is 5.19. The SMILES string of the molecule is CCOc1cc2ncnc(Nc3ccc(F)c(Cl)c3)c2cc1OCC. The summed E-state index contributed by atoms with van der Waals surface area (Å²) in [4.78, 5) is 8.56. The van der Waals surface area contributed by atoms with E-state index in [1.165, 1.54) is 18.5 Å². The molecule has 0 radical (unpaired) electrons. The molecule has 0 aliphatic rings. The van der Waals surface area contributed by atoms with Crippen molar-refractivity contribution >= 4 is 34.0 Å². The highest BCUT2D eigenvalue weighted by Crippen LogP contribution is 2.35. The first-order valence-corrected chi connectivity index (χ1v) is 8.26. The molecule has 0 saturated carbocycles. The minimum Gasteiger partial charge on any atom is -0.490 e. The fourth-order valence-corrected chi connectivity index (χ4v) is 2.59. The van der Waals surface area contributed by atoms with Crippen LogP contribution in [0, 0.1) is 5.82 Å². The van der Waals surface area contributed by atoms with E-state index >= 15 is 0 Å². The van der Waals surface area contributed by atoms with Crippen LogP contribution in [0.15, 0.2) is 36.7 Å². The van der Waals surface area contributed by atoms with Crippen molar-refractivity contribution in [3.05, 3.63) is 47.5 Å². The van der Waals surface area contributed by atoms with Gasteiger partial charge in [0.1, 0.15) is 18.0 Å². The van der Waals surface area contributed by atoms with Gasteiger partial charge >= 0.3 is 0 Å². The summed E-state index contributed by atoms with van der Waals surface area (Å²) in [6, 6.07) is 8.04. The lowest BCUT2D eigenvalue weighted by Crippen LogP contribution is -2.01. The molecule has 1 N–H and O–H groups in total. The summed E-state index contributed by atoms with van der Waals surface area (Å²) in [6.07, 6.45) is 1.45. The second kappa shape index (κ2) is 7.53. The quantitative estimate of drug-likeness (QED) is 0.672. The number of halogens is 2. The summed E-state index contributed by atoms with van der Waals surface area (Å²) >= 11 is 5.84. The van der Waals surface area contributed by atoms with Crippen molar-refractivity contribution < 1.29 is 13.9 Å². The maximum Gasteiger partial charge on any atom is 0.163 e. The molecule has 0 fully saturated rings. The zero-order valence-corrected chi connectivity index (χ0v) is 14.6. The molecule has 0 spiro atoms. The van der Waals surface area contributed by atoms with Crippen molar-refractivity contribution in [2.24, 2.45) is 0 Å². The standard InChI is InChI=1S/C18H17ClFN3O2/c1-3-24-16-8-12-15(9-17(16)25-4-2)21-10-22-18(12)23-11-5-6-14(20)13(19)7-11/h5-10H,3-4H2,1-2H3,(H,21,22,23). The van der Waals surface area contributed by atoms with E-state index in [1.54, 1.807) is 6.07 Å². The highest BCUT2D eigenvalue weighted by atomic mass is 35.5. The lowest BCUT2D eigenvalue weighted by Gasteiger charge is -2.14. The van der Waals surface area contributed by atoms with E-state index < -0.39 is 5.82 Å². The van der Waals surface area contributed by atoms with Gasteiger partial charge in [0, 0.05) is 17.1 Å². The number of fused-ring (bicyclic) bond motifs is 1. The van der Waals surface area contributed by atoms with Gasteiger partial charge in [-0.15, -0.1) is 0 Å². The maximum absolute atomic E-state index is 13.3. The minimum atomic E-state index is -0.472. The van der Waals surface area contributed by atoms with Crippen molar-refractivity contribution in [1.82, 2.24) is 9.97 Å². The molecular weight excluding hydrogens is 345 g/mol.